The number of sulfonamides is 1. The third-order valence-corrected chi connectivity index (χ3v) is 3.96. The zero-order valence-corrected chi connectivity index (χ0v) is 11.4. The van der Waals surface area contributed by atoms with Crippen molar-refractivity contribution in [3.63, 3.8) is 0 Å². The number of nitrogens with two attached hydrogens (primary N) is 2. The molecule has 4 N–H and O–H groups in total. The minimum absolute atomic E-state index is 0.0529. The standard InChI is InChI=1S/C9H12ClN5O3S/c10-8-7(9(11)14-4-13-8)15-2-5(1-6(15)16)3-19(12,17)18/h4-5H,1-3H2,(H2,11,13,14)(H2,12,17,18). The molecule has 2 heterocycles. The maximum atomic E-state index is 11.9. The van der Waals surface area contributed by atoms with Gasteiger partial charge in [-0.1, -0.05) is 11.6 Å². The predicted octanol–water partition coefficient (Wildman–Crippen LogP) is -0.646. The normalized spacial score (nSPS) is 20.0. The summed E-state index contributed by atoms with van der Waals surface area (Å²) in [5, 5.41) is 5.02. The van der Waals surface area contributed by atoms with E-state index in [1.165, 1.54) is 11.2 Å². The first kappa shape index (κ1) is 14.0. The van der Waals surface area contributed by atoms with E-state index >= 15 is 0 Å². The Hall–Kier alpha value is -1.45. The van der Waals surface area contributed by atoms with Crippen LogP contribution in [0.1, 0.15) is 6.42 Å². The minimum Gasteiger partial charge on any atom is -0.382 e. The lowest BCUT2D eigenvalue weighted by molar-refractivity contribution is -0.117. The van der Waals surface area contributed by atoms with E-state index in [1.807, 2.05) is 0 Å². The Morgan fingerprint density at radius 1 is 1.47 bits per heavy atom. The number of nitrogen functional groups attached to an aromatic ring is 1. The van der Waals surface area contributed by atoms with Crippen LogP contribution >= 0.6 is 11.6 Å². The lowest BCUT2D eigenvalue weighted by Crippen LogP contribution is -2.28. The van der Waals surface area contributed by atoms with Gasteiger partial charge in [-0.05, 0) is 0 Å². The van der Waals surface area contributed by atoms with Crippen molar-refractivity contribution in [1.29, 1.82) is 0 Å². The van der Waals surface area contributed by atoms with Gasteiger partial charge in [-0.3, -0.25) is 4.79 Å². The topological polar surface area (TPSA) is 132 Å². The molecule has 0 spiro atoms. The number of halogens is 1. The molecule has 104 valence electrons. The van der Waals surface area contributed by atoms with E-state index in [-0.39, 0.29) is 41.3 Å². The first-order valence-corrected chi connectivity index (χ1v) is 7.44. The Morgan fingerprint density at radius 3 is 2.74 bits per heavy atom. The van der Waals surface area contributed by atoms with Crippen LogP contribution in [-0.2, 0) is 14.8 Å². The highest BCUT2D eigenvalue weighted by Gasteiger charge is 2.35. The maximum Gasteiger partial charge on any atom is 0.227 e. The fourth-order valence-corrected chi connectivity index (χ4v) is 3.18. The van der Waals surface area contributed by atoms with Gasteiger partial charge in [0, 0.05) is 18.9 Å². The number of carbonyl (C=O) groups excluding carboxylic acids is 1. The molecule has 19 heavy (non-hydrogen) atoms. The van der Waals surface area contributed by atoms with Gasteiger partial charge in [0.1, 0.15) is 12.0 Å². The first-order valence-electron chi connectivity index (χ1n) is 5.34. The molecule has 0 aromatic carbocycles. The van der Waals surface area contributed by atoms with Gasteiger partial charge in [0.05, 0.1) is 5.75 Å². The number of hydrogen-bond donors (Lipinski definition) is 2. The van der Waals surface area contributed by atoms with E-state index in [0.717, 1.165) is 0 Å². The minimum atomic E-state index is -3.63. The molecule has 8 nitrogen and oxygen atoms in total. The fourth-order valence-electron chi connectivity index (χ4n) is 2.06. The molecule has 1 aliphatic rings. The van der Waals surface area contributed by atoms with E-state index in [4.69, 9.17) is 22.5 Å². The van der Waals surface area contributed by atoms with Crippen LogP contribution in [0.4, 0.5) is 11.5 Å². The zero-order valence-electron chi connectivity index (χ0n) is 9.78. The lowest BCUT2D eigenvalue weighted by Gasteiger charge is -2.18. The number of rotatable bonds is 3. The molecule has 0 saturated carbocycles. The Labute approximate surface area is 114 Å². The average Bonchev–Trinajstić information content (AvgIpc) is 2.56. The Morgan fingerprint density at radius 2 is 2.16 bits per heavy atom. The number of amides is 1. The summed E-state index contributed by atoms with van der Waals surface area (Å²) in [5.74, 6) is -0.861. The van der Waals surface area contributed by atoms with E-state index in [9.17, 15) is 13.2 Å². The third kappa shape index (κ3) is 3.11. The summed E-state index contributed by atoms with van der Waals surface area (Å²) in [6, 6.07) is 0. The number of anilines is 2. The highest BCUT2D eigenvalue weighted by molar-refractivity contribution is 7.89. The molecule has 1 saturated heterocycles. The second-order valence-corrected chi connectivity index (χ2v) is 6.32. The summed E-state index contributed by atoms with van der Waals surface area (Å²) < 4.78 is 22.1. The van der Waals surface area contributed by atoms with Gasteiger partial charge < -0.3 is 10.6 Å². The molecule has 1 atom stereocenters. The van der Waals surface area contributed by atoms with Crippen molar-refractivity contribution in [1.82, 2.24) is 9.97 Å². The summed E-state index contributed by atoms with van der Waals surface area (Å²) in [7, 11) is -3.63. The number of hydrogen-bond acceptors (Lipinski definition) is 6. The monoisotopic (exact) mass is 305 g/mol. The zero-order chi connectivity index (χ0) is 14.2. The molecule has 1 amide bonds. The third-order valence-electron chi connectivity index (χ3n) is 2.75. The van der Waals surface area contributed by atoms with E-state index in [2.05, 4.69) is 9.97 Å². The van der Waals surface area contributed by atoms with Crippen LogP contribution in [0.3, 0.4) is 0 Å². The van der Waals surface area contributed by atoms with Crippen LogP contribution in [-0.4, -0.2) is 36.6 Å². The molecule has 1 aliphatic heterocycles. The summed E-state index contributed by atoms with van der Waals surface area (Å²) in [6.07, 6.45) is 1.25. The van der Waals surface area contributed by atoms with Crippen molar-refractivity contribution in [3.05, 3.63) is 11.5 Å². The first-order chi connectivity index (χ1) is 8.78. The molecule has 0 aliphatic carbocycles. The van der Waals surface area contributed by atoms with Crippen LogP contribution in [0.15, 0.2) is 6.33 Å². The van der Waals surface area contributed by atoms with E-state index in [1.54, 1.807) is 0 Å². The van der Waals surface area contributed by atoms with Gasteiger partial charge in [-0.25, -0.2) is 23.5 Å². The summed E-state index contributed by atoms with van der Waals surface area (Å²) in [4.78, 5) is 20.7. The second-order valence-electron chi connectivity index (χ2n) is 4.30. The van der Waals surface area contributed by atoms with Gasteiger partial charge >= 0.3 is 0 Å². The maximum absolute atomic E-state index is 11.9. The van der Waals surface area contributed by atoms with Gasteiger partial charge in [0.25, 0.3) is 0 Å². The van der Waals surface area contributed by atoms with E-state index < -0.39 is 15.9 Å². The quantitative estimate of drug-likeness (QED) is 0.713. The average molecular weight is 306 g/mol. The van der Waals surface area contributed by atoms with Crippen LogP contribution in [0, 0.1) is 5.92 Å². The largest absolute Gasteiger partial charge is 0.382 e. The second kappa shape index (κ2) is 4.91. The van der Waals surface area contributed by atoms with Crippen molar-refractivity contribution in [2.75, 3.05) is 22.9 Å². The molecule has 10 heteroatoms. The molecular weight excluding hydrogens is 294 g/mol. The van der Waals surface area contributed by atoms with Crippen molar-refractivity contribution >= 4 is 39.0 Å². The SMILES string of the molecule is Nc1ncnc(Cl)c1N1CC(CS(N)(=O)=O)CC1=O. The highest BCUT2D eigenvalue weighted by Crippen LogP contribution is 2.33. The molecule has 1 unspecified atom stereocenters. The molecular formula is C9H12ClN5O3S. The Bertz CT molecular complexity index is 600. The number of aromatic nitrogens is 2. The van der Waals surface area contributed by atoms with Gasteiger partial charge in [-0.15, -0.1) is 0 Å². The van der Waals surface area contributed by atoms with Gasteiger partial charge in [-0.2, -0.15) is 0 Å². The van der Waals surface area contributed by atoms with Crippen LogP contribution in [0.25, 0.3) is 0 Å². The van der Waals surface area contributed by atoms with Gasteiger partial charge in [0.2, 0.25) is 15.9 Å². The Kier molecular flexibility index (Phi) is 3.61. The van der Waals surface area contributed by atoms with Crippen molar-refractivity contribution in [2.24, 2.45) is 11.1 Å². The summed E-state index contributed by atoms with van der Waals surface area (Å²) in [6.45, 7) is 0.173. The van der Waals surface area contributed by atoms with Crippen LogP contribution in [0.5, 0.6) is 0 Å². The molecule has 1 aromatic rings. The predicted molar refractivity (Wildman–Crippen MR) is 69.9 cm³/mol. The Balaban J connectivity index is 2.26. The van der Waals surface area contributed by atoms with E-state index in [0.29, 0.717) is 0 Å². The fraction of sp³-hybridized carbons (Fsp3) is 0.444. The van der Waals surface area contributed by atoms with Crippen molar-refractivity contribution < 1.29 is 13.2 Å². The molecule has 1 fully saturated rings. The van der Waals surface area contributed by atoms with Crippen LogP contribution < -0.4 is 15.8 Å². The molecule has 0 bridgehead atoms. The molecule has 0 radical (unpaired) electrons. The molecule has 1 aromatic heterocycles. The summed E-state index contributed by atoms with van der Waals surface area (Å²) in [5.41, 5.74) is 5.88. The van der Waals surface area contributed by atoms with Gasteiger partial charge in [0.15, 0.2) is 11.0 Å². The number of primary sulfonamides is 1. The smallest absolute Gasteiger partial charge is 0.227 e. The van der Waals surface area contributed by atoms with Crippen molar-refractivity contribution in [2.45, 2.75) is 6.42 Å². The lowest BCUT2D eigenvalue weighted by atomic mass is 10.1. The number of nitrogens with zero attached hydrogens (tertiary/aromatic N) is 3. The van der Waals surface area contributed by atoms with Crippen LogP contribution in [0.2, 0.25) is 5.15 Å². The number of carbonyl (C=O) groups is 1. The summed E-state index contributed by atoms with van der Waals surface area (Å²) >= 11 is 5.89. The highest BCUT2D eigenvalue weighted by atomic mass is 35.5. The molecule has 2 rings (SSSR count). The van der Waals surface area contributed by atoms with Crippen molar-refractivity contribution in [3.8, 4) is 0 Å².